The minimum atomic E-state index is -1.20. The van der Waals surface area contributed by atoms with E-state index in [9.17, 15) is 25.7 Å². The molecule has 0 saturated carbocycles. The van der Waals surface area contributed by atoms with Crippen molar-refractivity contribution in [2.45, 2.75) is 135 Å². The van der Waals surface area contributed by atoms with Crippen LogP contribution in [0.25, 0.3) is 0 Å². The Hall–Kier alpha value is -8.42. The molecule has 1 N–H and O–H groups in total. The molecule has 0 fully saturated rings. The number of hydrogen-bond donors (Lipinski definition) is 1. The number of carboxylic acid groups (broad SMARTS) is 1. The maximum atomic E-state index is 12.5. The van der Waals surface area contributed by atoms with Crippen molar-refractivity contribution in [3.63, 3.8) is 0 Å². The minimum Gasteiger partial charge on any atom is -0.493 e. The topological polar surface area (TPSA) is 201 Å². The van der Waals surface area contributed by atoms with Crippen molar-refractivity contribution in [2.75, 3.05) is 21.3 Å². The molecule has 2 aliphatic carbocycles. The van der Waals surface area contributed by atoms with E-state index in [1.807, 2.05) is 52.0 Å². The van der Waals surface area contributed by atoms with Crippen molar-refractivity contribution in [3.8, 4) is 93.0 Å². The molecule has 2 atom stereocenters. The largest absolute Gasteiger partial charge is 0.493 e. The van der Waals surface area contributed by atoms with Gasteiger partial charge in [0.15, 0.2) is 80.5 Å². The molecule has 12 rings (SSSR count). The van der Waals surface area contributed by atoms with E-state index in [1.54, 1.807) is 41.1 Å². The number of carbonyl (C=O) groups is 1. The molecular weight excluding hydrogens is 1000 g/mol. The number of nitrogens with zero attached hydrogens (tertiary/aromatic N) is 3. The second kappa shape index (κ2) is 16.8. The highest BCUT2D eigenvalue weighted by Gasteiger charge is 2.58. The number of methoxy groups -OCH3 is 3. The molecule has 15 nitrogen and oxygen atoms in total. The van der Waals surface area contributed by atoms with Gasteiger partial charge in [0, 0.05) is 23.8 Å². The quantitative estimate of drug-likeness (QED) is 0.165. The number of rotatable bonds is 6. The summed E-state index contributed by atoms with van der Waals surface area (Å²) in [6.45, 7) is 21.9. The molecule has 0 saturated heterocycles. The van der Waals surface area contributed by atoms with Gasteiger partial charge in [0.2, 0.25) is 0 Å². The minimum absolute atomic E-state index is 0.0225. The van der Waals surface area contributed by atoms with E-state index >= 15 is 0 Å². The van der Waals surface area contributed by atoms with Gasteiger partial charge in [-0.15, -0.1) is 0 Å². The second-order valence-corrected chi connectivity index (χ2v) is 24.1. The van der Waals surface area contributed by atoms with E-state index < -0.39 is 28.4 Å². The van der Waals surface area contributed by atoms with Gasteiger partial charge in [0.1, 0.15) is 40.5 Å². The Labute approximate surface area is 458 Å². The zero-order valence-electron chi connectivity index (χ0n) is 46.7. The van der Waals surface area contributed by atoms with Gasteiger partial charge in [-0.1, -0.05) is 27.7 Å². The van der Waals surface area contributed by atoms with Crippen LogP contribution in [-0.4, -0.2) is 38.2 Å². The van der Waals surface area contributed by atoms with Gasteiger partial charge >= 0.3 is 5.97 Å². The first-order valence-electron chi connectivity index (χ1n) is 26.2. The predicted molar refractivity (Wildman–Crippen MR) is 288 cm³/mol. The maximum absolute atomic E-state index is 12.5. The van der Waals surface area contributed by atoms with Crippen molar-refractivity contribution >= 4 is 5.97 Å². The van der Waals surface area contributed by atoms with Gasteiger partial charge in [-0.2, -0.15) is 15.8 Å². The zero-order chi connectivity index (χ0) is 56.4. The van der Waals surface area contributed by atoms with Crippen LogP contribution in [0.5, 0.6) is 74.7 Å². The molecule has 4 aliphatic heterocycles. The number of ether oxygens (including phenoxy) is 10. The average Bonchev–Trinajstić information content (AvgIpc) is 2.69. The van der Waals surface area contributed by atoms with Crippen LogP contribution in [-0.2, 0) is 49.8 Å². The van der Waals surface area contributed by atoms with E-state index in [-0.39, 0.29) is 74.0 Å². The first-order valence-corrected chi connectivity index (χ1v) is 26.2. The second-order valence-electron chi connectivity index (χ2n) is 24.1. The summed E-state index contributed by atoms with van der Waals surface area (Å²) >= 11 is 0. The van der Waals surface area contributed by atoms with Crippen LogP contribution in [0.4, 0.5) is 0 Å². The number of aromatic carboxylic acids is 1. The van der Waals surface area contributed by atoms with Crippen LogP contribution in [0.1, 0.15) is 156 Å². The van der Waals surface area contributed by atoms with Crippen LogP contribution >= 0.6 is 0 Å². The highest BCUT2D eigenvalue weighted by molar-refractivity contribution is 5.96. The number of carboxylic acids is 1. The predicted octanol–water partition coefficient (Wildman–Crippen LogP) is 14.2. The Morgan fingerprint density at radius 2 is 0.911 bits per heavy atom. The third-order valence-electron chi connectivity index (χ3n) is 17.4. The monoisotopic (exact) mass is 1060 g/mol. The molecule has 15 heteroatoms. The lowest BCUT2D eigenvalue weighted by Crippen LogP contribution is -2.55. The Morgan fingerprint density at radius 1 is 0.506 bits per heavy atom. The Morgan fingerprint density at radius 3 is 1.46 bits per heavy atom. The summed E-state index contributed by atoms with van der Waals surface area (Å²) in [6, 6.07) is 22.6. The zero-order valence-corrected chi connectivity index (χ0v) is 46.7. The van der Waals surface area contributed by atoms with Crippen LogP contribution in [0.2, 0.25) is 0 Å². The number of nitriles is 3. The van der Waals surface area contributed by atoms with Crippen molar-refractivity contribution in [1.29, 1.82) is 15.8 Å². The normalized spacial score (nSPS) is 20.9. The molecule has 0 aromatic heterocycles. The molecule has 6 aliphatic rings. The molecule has 6 aromatic rings. The number of benzene rings is 6. The van der Waals surface area contributed by atoms with E-state index in [4.69, 9.17) is 47.4 Å². The van der Waals surface area contributed by atoms with Gasteiger partial charge in [0.05, 0.1) is 32.5 Å². The lowest BCUT2D eigenvalue weighted by molar-refractivity contribution is -0.335. The summed E-state index contributed by atoms with van der Waals surface area (Å²) in [6.07, 6.45) is 2.23. The fraction of sp³-hybridized carbons (Fsp3) is 0.375. The fourth-order valence-corrected chi connectivity index (χ4v) is 14.1. The molecule has 2 unspecified atom stereocenters. The molecule has 0 radical (unpaired) electrons. The Kier molecular flexibility index (Phi) is 10.9. The van der Waals surface area contributed by atoms with Gasteiger partial charge < -0.3 is 52.5 Å². The summed E-state index contributed by atoms with van der Waals surface area (Å²) in [4.78, 5) is 12.5. The van der Waals surface area contributed by atoms with E-state index in [0.717, 1.165) is 46.2 Å². The van der Waals surface area contributed by atoms with Crippen molar-refractivity contribution in [3.05, 3.63) is 132 Å². The fourth-order valence-electron chi connectivity index (χ4n) is 14.1. The summed E-state index contributed by atoms with van der Waals surface area (Å²) < 4.78 is 64.9. The molecule has 2 spiro atoms. The molecule has 0 amide bonds. The standard InChI is InChI=1S/C64H59N3O12/c1-30-31(2)52(58(68)69)57-55(35(30)25-65)74-47-16-34-24-64(79-62(10,11)39(34)18-49(47)77-57)23-33-15-44(70-12)48(17-38(33)61(8,9)78-64)73-53-32(3)36(26-66)54-56(37(53)27-67)76-51-22-43-41(20-50(51)75-54)60(6,7)29-63(43)28-59(4,5)40-19-45(71-13)46(72-14)21-42(40)63/h15-22H,23-24,28-29H2,1-14H3,(H,68,69). The SMILES string of the molecule is COc1cc2c(cc1OC)C1(CC2(C)C)CC(C)(C)c2cc3c(cc21)Oc1c(C#N)c(Oc2cc4c(cc2OC)CC2(Cc5cc6c(cc5C(C)(C)O2)Oc2c(c(C#N)c(C)c(C)c2C(=O)O)O6)OC4(C)C)c(C)c(C#N)c1O3. The molecule has 4 heterocycles. The van der Waals surface area contributed by atoms with Gasteiger partial charge in [0.25, 0.3) is 0 Å². The molecule has 79 heavy (non-hydrogen) atoms. The molecule has 402 valence electrons. The van der Waals surface area contributed by atoms with E-state index in [2.05, 4.69) is 64.1 Å². The lowest BCUT2D eigenvalue weighted by Gasteiger charge is -2.52. The number of hydrogen-bond acceptors (Lipinski definition) is 14. The molecular formula is C64H59N3O12. The van der Waals surface area contributed by atoms with Crippen LogP contribution in [0.3, 0.4) is 0 Å². The van der Waals surface area contributed by atoms with E-state index in [0.29, 0.717) is 63.4 Å². The third-order valence-corrected chi connectivity index (χ3v) is 17.4. The van der Waals surface area contributed by atoms with Crippen molar-refractivity contribution < 1.29 is 57.3 Å². The first kappa shape index (κ1) is 51.3. The van der Waals surface area contributed by atoms with E-state index in [1.165, 1.54) is 18.2 Å². The van der Waals surface area contributed by atoms with Gasteiger partial charge in [-0.05, 0) is 176 Å². The van der Waals surface area contributed by atoms with Crippen molar-refractivity contribution in [1.82, 2.24) is 0 Å². The summed E-state index contributed by atoms with van der Waals surface area (Å²) in [5.41, 5.74) is 6.66. The summed E-state index contributed by atoms with van der Waals surface area (Å²) in [5.74, 6) is 1.41. The first-order chi connectivity index (χ1) is 37.3. The third kappa shape index (κ3) is 7.23. The lowest BCUT2D eigenvalue weighted by atomic mass is 9.72. The Balaban J connectivity index is 0.894. The molecule has 0 bridgehead atoms. The number of fused-ring (bicyclic) bond motifs is 10. The smallest absolute Gasteiger partial charge is 0.339 e. The highest BCUT2D eigenvalue weighted by Crippen LogP contribution is 2.66. The van der Waals surface area contributed by atoms with Crippen LogP contribution < -0.4 is 37.9 Å². The highest BCUT2D eigenvalue weighted by atomic mass is 16.7. The Bertz CT molecular complexity index is 3920. The van der Waals surface area contributed by atoms with Crippen molar-refractivity contribution in [2.24, 2.45) is 0 Å². The van der Waals surface area contributed by atoms with Crippen LogP contribution in [0.15, 0.2) is 48.5 Å². The van der Waals surface area contributed by atoms with Gasteiger partial charge in [-0.3, -0.25) is 0 Å². The summed E-state index contributed by atoms with van der Waals surface area (Å²) in [7, 11) is 4.85. The van der Waals surface area contributed by atoms with Crippen LogP contribution in [0, 0.1) is 54.8 Å². The van der Waals surface area contributed by atoms with Gasteiger partial charge in [-0.25, -0.2) is 4.79 Å². The summed E-state index contributed by atoms with van der Waals surface area (Å²) in [5, 5.41) is 42.4. The molecule has 6 aromatic carbocycles. The maximum Gasteiger partial charge on any atom is 0.339 e. The average molecular weight is 1060 g/mol.